The third-order valence-corrected chi connectivity index (χ3v) is 2.35. The van der Waals surface area contributed by atoms with Crippen LogP contribution >= 0.6 is 24.0 Å². The average molecular weight is 343 g/mol. The zero-order chi connectivity index (χ0) is 12.1. The maximum Gasteiger partial charge on any atom is 0.194 e. The molecule has 17 heavy (non-hydrogen) atoms. The first kappa shape index (κ1) is 15.8. The van der Waals surface area contributed by atoms with Crippen molar-refractivity contribution >= 4 is 35.6 Å². The van der Waals surface area contributed by atoms with E-state index in [-0.39, 0.29) is 30.0 Å². The molecule has 0 amide bonds. The fourth-order valence-corrected chi connectivity index (χ4v) is 1.25. The second-order valence-electron chi connectivity index (χ2n) is 3.78. The van der Waals surface area contributed by atoms with Crippen LogP contribution in [0.4, 0.5) is 5.69 Å². The van der Waals surface area contributed by atoms with Crippen LogP contribution < -0.4 is 11.1 Å². The van der Waals surface area contributed by atoms with Crippen molar-refractivity contribution in [2.24, 2.45) is 10.7 Å². The fourth-order valence-electron chi connectivity index (χ4n) is 1.25. The molecule has 1 aromatic rings. The lowest BCUT2D eigenvalue weighted by atomic mass is 10.1. The molecular formula is C13H18IN3. The SMILES string of the molecule is C#CC(C)N=C(N)Nc1ccc(C)c(C)c1.I. The van der Waals surface area contributed by atoms with E-state index in [0.29, 0.717) is 5.96 Å². The zero-order valence-corrected chi connectivity index (χ0v) is 12.6. The van der Waals surface area contributed by atoms with E-state index in [1.807, 2.05) is 25.1 Å². The Morgan fingerprint density at radius 1 is 1.41 bits per heavy atom. The Labute approximate surface area is 120 Å². The zero-order valence-electron chi connectivity index (χ0n) is 10.3. The van der Waals surface area contributed by atoms with Crippen molar-refractivity contribution in [3.05, 3.63) is 29.3 Å². The van der Waals surface area contributed by atoms with Gasteiger partial charge in [-0.1, -0.05) is 12.0 Å². The van der Waals surface area contributed by atoms with Gasteiger partial charge in [0.25, 0.3) is 0 Å². The number of anilines is 1. The summed E-state index contributed by atoms with van der Waals surface area (Å²) in [5.41, 5.74) is 9.10. The van der Waals surface area contributed by atoms with Crippen LogP contribution in [0.5, 0.6) is 0 Å². The molecule has 0 aliphatic carbocycles. The molecule has 0 saturated carbocycles. The monoisotopic (exact) mass is 343 g/mol. The Hall–Kier alpha value is -1.22. The Balaban J connectivity index is 0.00000256. The molecule has 1 unspecified atom stereocenters. The highest BCUT2D eigenvalue weighted by Crippen LogP contribution is 2.13. The van der Waals surface area contributed by atoms with Gasteiger partial charge in [-0.2, -0.15) is 0 Å². The van der Waals surface area contributed by atoms with E-state index >= 15 is 0 Å². The Morgan fingerprint density at radius 3 is 2.59 bits per heavy atom. The number of halogens is 1. The highest BCUT2D eigenvalue weighted by molar-refractivity contribution is 14.0. The van der Waals surface area contributed by atoms with Gasteiger partial charge >= 0.3 is 0 Å². The smallest absolute Gasteiger partial charge is 0.194 e. The van der Waals surface area contributed by atoms with Gasteiger partial charge in [-0.05, 0) is 44.0 Å². The number of hydrogen-bond donors (Lipinski definition) is 2. The normalized spacial score (nSPS) is 12.2. The van der Waals surface area contributed by atoms with Crippen molar-refractivity contribution in [1.29, 1.82) is 0 Å². The number of rotatable bonds is 2. The predicted molar refractivity (Wildman–Crippen MR) is 84.9 cm³/mol. The lowest BCUT2D eigenvalue weighted by molar-refractivity contribution is 0.955. The van der Waals surface area contributed by atoms with Crippen LogP contribution in [0.25, 0.3) is 0 Å². The topological polar surface area (TPSA) is 50.4 Å². The molecule has 4 heteroatoms. The molecule has 0 aliphatic rings. The number of aryl methyl sites for hydroxylation is 2. The van der Waals surface area contributed by atoms with Gasteiger partial charge in [-0.15, -0.1) is 30.4 Å². The van der Waals surface area contributed by atoms with Crippen LogP contribution in [0.15, 0.2) is 23.2 Å². The summed E-state index contributed by atoms with van der Waals surface area (Å²) in [6, 6.07) is 5.82. The molecule has 92 valence electrons. The lowest BCUT2D eigenvalue weighted by Gasteiger charge is -2.08. The van der Waals surface area contributed by atoms with Gasteiger partial charge in [0, 0.05) is 5.69 Å². The van der Waals surface area contributed by atoms with Gasteiger partial charge in [-0.3, -0.25) is 0 Å². The maximum atomic E-state index is 5.71. The van der Waals surface area contributed by atoms with Crippen molar-refractivity contribution in [3.63, 3.8) is 0 Å². The van der Waals surface area contributed by atoms with Gasteiger partial charge < -0.3 is 11.1 Å². The van der Waals surface area contributed by atoms with Gasteiger partial charge in [0.2, 0.25) is 0 Å². The quantitative estimate of drug-likeness (QED) is 0.375. The van der Waals surface area contributed by atoms with Crippen LogP contribution in [0.1, 0.15) is 18.1 Å². The second kappa shape index (κ2) is 7.17. The standard InChI is InChI=1S/C13H17N3.HI/c1-5-11(4)15-13(14)16-12-7-6-9(2)10(3)8-12;/h1,6-8,11H,2-4H3,(H3,14,15,16);1H. The molecular weight excluding hydrogens is 325 g/mol. The minimum atomic E-state index is -0.209. The van der Waals surface area contributed by atoms with Gasteiger partial charge in [0.1, 0.15) is 6.04 Å². The minimum absolute atomic E-state index is 0. The summed E-state index contributed by atoms with van der Waals surface area (Å²) in [6.45, 7) is 5.93. The summed E-state index contributed by atoms with van der Waals surface area (Å²) in [4.78, 5) is 4.09. The van der Waals surface area contributed by atoms with E-state index in [0.717, 1.165) is 5.69 Å². The lowest BCUT2D eigenvalue weighted by Crippen LogP contribution is -2.24. The molecule has 0 saturated heterocycles. The average Bonchev–Trinajstić information content (AvgIpc) is 2.23. The van der Waals surface area contributed by atoms with E-state index < -0.39 is 0 Å². The molecule has 0 heterocycles. The van der Waals surface area contributed by atoms with E-state index in [9.17, 15) is 0 Å². The van der Waals surface area contributed by atoms with E-state index in [1.165, 1.54) is 11.1 Å². The van der Waals surface area contributed by atoms with Crippen LogP contribution in [-0.4, -0.2) is 12.0 Å². The molecule has 0 fully saturated rings. The molecule has 1 rings (SSSR count). The number of nitrogens with zero attached hydrogens (tertiary/aromatic N) is 1. The molecule has 0 bridgehead atoms. The molecule has 0 radical (unpaired) electrons. The van der Waals surface area contributed by atoms with Crippen LogP contribution in [0, 0.1) is 26.2 Å². The Kier molecular flexibility index (Phi) is 6.66. The molecule has 0 spiro atoms. The summed E-state index contributed by atoms with van der Waals surface area (Å²) in [7, 11) is 0. The highest BCUT2D eigenvalue weighted by atomic mass is 127. The molecule has 3 N–H and O–H groups in total. The van der Waals surface area contributed by atoms with Crippen LogP contribution in [0.3, 0.4) is 0 Å². The second-order valence-corrected chi connectivity index (χ2v) is 3.78. The number of nitrogens with one attached hydrogen (secondary N) is 1. The first-order valence-corrected chi connectivity index (χ1v) is 5.16. The Bertz CT molecular complexity index is 446. The van der Waals surface area contributed by atoms with Crippen molar-refractivity contribution < 1.29 is 0 Å². The number of hydrogen-bond acceptors (Lipinski definition) is 1. The third kappa shape index (κ3) is 5.09. The first-order chi connectivity index (χ1) is 7.52. The number of nitrogens with two attached hydrogens (primary N) is 1. The predicted octanol–water partition coefficient (Wildman–Crippen LogP) is 2.67. The number of terminal acetylenes is 1. The van der Waals surface area contributed by atoms with E-state index in [4.69, 9.17) is 12.2 Å². The van der Waals surface area contributed by atoms with Crippen molar-refractivity contribution in [3.8, 4) is 12.3 Å². The van der Waals surface area contributed by atoms with Gasteiger partial charge in [0.05, 0.1) is 0 Å². The molecule has 3 nitrogen and oxygen atoms in total. The molecule has 0 aliphatic heterocycles. The summed E-state index contributed by atoms with van der Waals surface area (Å²) in [5, 5.41) is 3.01. The molecule has 1 atom stereocenters. The van der Waals surface area contributed by atoms with Crippen molar-refractivity contribution in [2.75, 3.05) is 5.32 Å². The van der Waals surface area contributed by atoms with E-state index in [2.05, 4.69) is 30.1 Å². The van der Waals surface area contributed by atoms with Crippen LogP contribution in [-0.2, 0) is 0 Å². The number of benzene rings is 1. The third-order valence-electron chi connectivity index (χ3n) is 2.35. The fraction of sp³-hybridized carbons (Fsp3) is 0.308. The van der Waals surface area contributed by atoms with Gasteiger partial charge in [-0.25, -0.2) is 4.99 Å². The summed E-state index contributed by atoms with van der Waals surface area (Å²) in [5.74, 6) is 2.84. The molecule has 1 aromatic carbocycles. The molecule has 0 aromatic heterocycles. The number of guanidine groups is 1. The van der Waals surface area contributed by atoms with Gasteiger partial charge in [0.15, 0.2) is 5.96 Å². The van der Waals surface area contributed by atoms with Crippen molar-refractivity contribution in [2.45, 2.75) is 26.8 Å². The first-order valence-electron chi connectivity index (χ1n) is 5.16. The van der Waals surface area contributed by atoms with E-state index in [1.54, 1.807) is 0 Å². The van der Waals surface area contributed by atoms with Crippen molar-refractivity contribution in [1.82, 2.24) is 0 Å². The van der Waals surface area contributed by atoms with Crippen LogP contribution in [0.2, 0.25) is 0 Å². The summed E-state index contributed by atoms with van der Waals surface area (Å²) in [6.07, 6.45) is 5.22. The highest BCUT2D eigenvalue weighted by Gasteiger charge is 1.99. The number of aliphatic imine (C=N–C) groups is 1. The largest absolute Gasteiger partial charge is 0.370 e. The summed E-state index contributed by atoms with van der Waals surface area (Å²) < 4.78 is 0. The minimum Gasteiger partial charge on any atom is -0.370 e. The Morgan fingerprint density at radius 2 is 2.06 bits per heavy atom. The maximum absolute atomic E-state index is 5.71. The summed E-state index contributed by atoms with van der Waals surface area (Å²) >= 11 is 0.